The monoisotopic (exact) mass is 543 g/mol. The van der Waals surface area contributed by atoms with Crippen molar-refractivity contribution in [2.24, 2.45) is 4.99 Å². The molecule has 2 aliphatic rings. The number of morpholine rings is 1. The minimum atomic E-state index is 0. The average Bonchev–Trinajstić information content (AvgIpc) is 2.80. The van der Waals surface area contributed by atoms with Gasteiger partial charge in [0.2, 0.25) is 5.91 Å². The largest absolute Gasteiger partial charge is 0.489 e. The number of carbonyl (C=O) groups is 1. The molecule has 172 valence electrons. The summed E-state index contributed by atoms with van der Waals surface area (Å²) in [5.74, 6) is 1.92. The topological polar surface area (TPSA) is 69.6 Å². The zero-order chi connectivity index (χ0) is 21.2. The molecule has 8 nitrogen and oxygen atoms in total. The van der Waals surface area contributed by atoms with Gasteiger partial charge in [0, 0.05) is 58.4 Å². The Morgan fingerprint density at radius 2 is 1.87 bits per heavy atom. The van der Waals surface area contributed by atoms with Gasteiger partial charge in [0.25, 0.3) is 0 Å². The molecule has 0 saturated carbocycles. The second-order valence-electron chi connectivity index (χ2n) is 7.36. The number of hydrogen-bond acceptors (Lipinski definition) is 5. The summed E-state index contributed by atoms with van der Waals surface area (Å²) in [6.07, 6.45) is 1.74. The van der Waals surface area contributed by atoms with Crippen LogP contribution in [0, 0.1) is 0 Å². The van der Waals surface area contributed by atoms with Crippen LogP contribution < -0.4 is 10.1 Å². The number of guanidine groups is 1. The fraction of sp³-hybridized carbons (Fsp3) is 0.545. The molecule has 0 unspecified atom stereocenters. The van der Waals surface area contributed by atoms with E-state index in [4.69, 9.17) is 9.47 Å². The number of nitrogens with zero attached hydrogens (tertiary/aromatic N) is 4. The van der Waals surface area contributed by atoms with Gasteiger partial charge >= 0.3 is 0 Å². The number of amides is 1. The van der Waals surface area contributed by atoms with Crippen molar-refractivity contribution in [3.63, 3.8) is 0 Å². The molecule has 1 aromatic carbocycles. The standard InChI is InChI=1S/C22H33N5O3.HI/c1-3-14-30-20-7-5-4-6-19(20)17-24-22(23-2)27-10-8-25(9-11-27)18-21(28)26-12-15-29-16-13-26;/h3-7H,1,8-18H2,2H3,(H,23,24);1H. The zero-order valence-corrected chi connectivity index (χ0v) is 20.6. The van der Waals surface area contributed by atoms with Crippen molar-refractivity contribution in [3.05, 3.63) is 42.5 Å². The number of carbonyl (C=O) groups excluding carboxylic acids is 1. The van der Waals surface area contributed by atoms with Crippen LogP contribution >= 0.6 is 24.0 Å². The maximum absolute atomic E-state index is 12.5. The van der Waals surface area contributed by atoms with Crippen molar-refractivity contribution >= 4 is 35.8 Å². The van der Waals surface area contributed by atoms with Crippen LogP contribution in [0.2, 0.25) is 0 Å². The number of rotatable bonds is 7. The van der Waals surface area contributed by atoms with E-state index in [1.807, 2.05) is 29.2 Å². The van der Waals surface area contributed by atoms with Crippen molar-refractivity contribution in [3.8, 4) is 5.75 Å². The molecule has 2 fully saturated rings. The summed E-state index contributed by atoms with van der Waals surface area (Å²) in [7, 11) is 1.80. The number of benzene rings is 1. The molecule has 3 rings (SSSR count). The number of aliphatic imine (C=N–C) groups is 1. The van der Waals surface area contributed by atoms with E-state index in [1.165, 1.54) is 0 Å². The second kappa shape index (κ2) is 13.5. The van der Waals surface area contributed by atoms with Gasteiger partial charge in [0.1, 0.15) is 12.4 Å². The number of para-hydroxylation sites is 1. The van der Waals surface area contributed by atoms with Crippen molar-refractivity contribution in [2.45, 2.75) is 6.54 Å². The molecule has 2 saturated heterocycles. The Morgan fingerprint density at radius 1 is 1.16 bits per heavy atom. The Bertz CT molecular complexity index is 732. The van der Waals surface area contributed by atoms with Gasteiger partial charge in [-0.05, 0) is 6.07 Å². The molecule has 0 spiro atoms. The third kappa shape index (κ3) is 7.65. The molecule has 2 aliphatic heterocycles. The van der Waals surface area contributed by atoms with E-state index in [0.717, 1.165) is 43.5 Å². The molecule has 0 aromatic heterocycles. The van der Waals surface area contributed by atoms with E-state index in [0.29, 0.717) is 46.0 Å². The van der Waals surface area contributed by atoms with Crippen molar-refractivity contribution < 1.29 is 14.3 Å². The number of hydrogen-bond donors (Lipinski definition) is 1. The number of nitrogens with one attached hydrogen (secondary N) is 1. The van der Waals surface area contributed by atoms with Crippen LogP contribution in [0.5, 0.6) is 5.75 Å². The fourth-order valence-corrected chi connectivity index (χ4v) is 3.67. The lowest BCUT2D eigenvalue weighted by atomic mass is 10.2. The summed E-state index contributed by atoms with van der Waals surface area (Å²) in [6, 6.07) is 7.99. The van der Waals surface area contributed by atoms with Crippen LogP contribution in [0.1, 0.15) is 5.56 Å². The highest BCUT2D eigenvalue weighted by atomic mass is 127. The van der Waals surface area contributed by atoms with Crippen molar-refractivity contribution in [1.82, 2.24) is 20.0 Å². The van der Waals surface area contributed by atoms with Crippen LogP contribution in [-0.4, -0.2) is 99.2 Å². The lowest BCUT2D eigenvalue weighted by Crippen LogP contribution is -2.54. The van der Waals surface area contributed by atoms with E-state index in [1.54, 1.807) is 13.1 Å². The molecule has 1 amide bonds. The maximum Gasteiger partial charge on any atom is 0.236 e. The quantitative estimate of drug-likeness (QED) is 0.243. The molecular formula is C22H34IN5O3. The SMILES string of the molecule is C=CCOc1ccccc1CNC(=NC)N1CCN(CC(=O)N2CCOCC2)CC1.I. The lowest BCUT2D eigenvalue weighted by Gasteiger charge is -2.37. The van der Waals surface area contributed by atoms with Gasteiger partial charge in [0.15, 0.2) is 5.96 Å². The minimum absolute atomic E-state index is 0. The van der Waals surface area contributed by atoms with Gasteiger partial charge in [-0.15, -0.1) is 24.0 Å². The maximum atomic E-state index is 12.5. The predicted octanol–water partition coefficient (Wildman–Crippen LogP) is 1.42. The average molecular weight is 543 g/mol. The second-order valence-corrected chi connectivity index (χ2v) is 7.36. The van der Waals surface area contributed by atoms with Crippen molar-refractivity contribution in [1.29, 1.82) is 0 Å². The summed E-state index contributed by atoms with van der Waals surface area (Å²) in [4.78, 5) is 23.3. The molecular weight excluding hydrogens is 509 g/mol. The van der Waals surface area contributed by atoms with Crippen LogP contribution in [-0.2, 0) is 16.1 Å². The first kappa shape index (κ1) is 25.4. The number of halogens is 1. The van der Waals surface area contributed by atoms with Gasteiger partial charge in [-0.3, -0.25) is 14.7 Å². The van der Waals surface area contributed by atoms with Gasteiger partial charge in [0.05, 0.1) is 19.8 Å². The first-order valence-electron chi connectivity index (χ1n) is 10.6. The van der Waals surface area contributed by atoms with Crippen LogP contribution in [0.3, 0.4) is 0 Å². The molecule has 1 N–H and O–H groups in total. The summed E-state index contributed by atoms with van der Waals surface area (Å²) in [5.41, 5.74) is 1.08. The normalized spacial score (nSPS) is 17.6. The zero-order valence-electron chi connectivity index (χ0n) is 18.3. The molecule has 0 bridgehead atoms. The summed E-state index contributed by atoms with van der Waals surface area (Å²) < 4.78 is 11.1. The first-order chi connectivity index (χ1) is 14.7. The summed E-state index contributed by atoms with van der Waals surface area (Å²) in [5, 5.41) is 3.44. The summed E-state index contributed by atoms with van der Waals surface area (Å²) in [6.45, 7) is 11.4. The molecule has 1 aromatic rings. The van der Waals surface area contributed by atoms with Crippen LogP contribution in [0.4, 0.5) is 0 Å². The predicted molar refractivity (Wildman–Crippen MR) is 133 cm³/mol. The molecule has 0 aliphatic carbocycles. The highest BCUT2D eigenvalue weighted by molar-refractivity contribution is 14.0. The third-order valence-electron chi connectivity index (χ3n) is 5.37. The Hall–Kier alpha value is -1.85. The molecule has 0 radical (unpaired) electrons. The van der Waals surface area contributed by atoms with E-state index < -0.39 is 0 Å². The highest BCUT2D eigenvalue weighted by Gasteiger charge is 2.24. The van der Waals surface area contributed by atoms with Gasteiger partial charge < -0.3 is 24.6 Å². The fourth-order valence-electron chi connectivity index (χ4n) is 3.67. The van der Waals surface area contributed by atoms with Crippen LogP contribution in [0.15, 0.2) is 41.9 Å². The van der Waals surface area contributed by atoms with Crippen LogP contribution in [0.25, 0.3) is 0 Å². The van der Waals surface area contributed by atoms with E-state index >= 15 is 0 Å². The summed E-state index contributed by atoms with van der Waals surface area (Å²) >= 11 is 0. The van der Waals surface area contributed by atoms with E-state index in [2.05, 4.69) is 26.7 Å². The van der Waals surface area contributed by atoms with Gasteiger partial charge in [-0.1, -0.05) is 30.9 Å². The van der Waals surface area contributed by atoms with Gasteiger partial charge in [-0.25, -0.2) is 0 Å². The molecule has 2 heterocycles. The van der Waals surface area contributed by atoms with Crippen molar-refractivity contribution in [2.75, 3.05) is 72.7 Å². The number of piperazine rings is 1. The third-order valence-corrected chi connectivity index (χ3v) is 5.37. The Labute approximate surface area is 202 Å². The Balaban J connectivity index is 0.00000341. The Kier molecular flexibility index (Phi) is 11.1. The molecule has 9 heteroatoms. The highest BCUT2D eigenvalue weighted by Crippen LogP contribution is 2.18. The Morgan fingerprint density at radius 3 is 2.55 bits per heavy atom. The smallest absolute Gasteiger partial charge is 0.236 e. The lowest BCUT2D eigenvalue weighted by molar-refractivity contribution is -0.136. The first-order valence-corrected chi connectivity index (χ1v) is 10.6. The van der Waals surface area contributed by atoms with Gasteiger partial charge in [-0.2, -0.15) is 0 Å². The van der Waals surface area contributed by atoms with E-state index in [9.17, 15) is 4.79 Å². The molecule has 31 heavy (non-hydrogen) atoms. The number of ether oxygens (including phenoxy) is 2. The minimum Gasteiger partial charge on any atom is -0.489 e. The van der Waals surface area contributed by atoms with E-state index in [-0.39, 0.29) is 29.9 Å². The molecule has 0 atom stereocenters.